The van der Waals surface area contributed by atoms with Crippen LogP contribution in [-0.4, -0.2) is 206 Å². The summed E-state index contributed by atoms with van der Waals surface area (Å²) in [4.78, 5) is 121. The third kappa shape index (κ3) is 24.2. The highest BCUT2D eigenvalue weighted by atomic mass is 31.3. The van der Waals surface area contributed by atoms with E-state index in [-0.39, 0.29) is 54.9 Å². The summed E-state index contributed by atoms with van der Waals surface area (Å²) in [5.74, 6) is -2.75. The maximum Gasteiger partial charge on any atom is 0.489 e. The molecule has 3 amide bonds. The number of unbranched alkanes of at least 4 members (excludes halogenated alkanes) is 3. The molecule has 0 radical (unpaired) electrons. The first-order valence-electron chi connectivity index (χ1n) is 30.9. The van der Waals surface area contributed by atoms with E-state index in [1.807, 2.05) is 88.2 Å². The van der Waals surface area contributed by atoms with E-state index in [0.29, 0.717) is 78.7 Å². The summed E-state index contributed by atoms with van der Waals surface area (Å²) < 4.78 is 67.5. The lowest BCUT2D eigenvalue weighted by Gasteiger charge is -2.32. The second-order valence-corrected chi connectivity index (χ2v) is 29.7. The van der Waals surface area contributed by atoms with E-state index < -0.39 is 83.4 Å². The van der Waals surface area contributed by atoms with Crippen LogP contribution in [0.1, 0.15) is 103 Å². The molecule has 31 nitrogen and oxygen atoms in total. The Morgan fingerprint density at radius 3 is 2.07 bits per heavy atom. The van der Waals surface area contributed by atoms with Gasteiger partial charge in [0.15, 0.2) is 0 Å². The highest BCUT2D eigenvalue weighted by Crippen LogP contribution is 2.66. The zero-order chi connectivity index (χ0) is 70.1. The van der Waals surface area contributed by atoms with Gasteiger partial charge in [0, 0.05) is 131 Å². The fourth-order valence-corrected chi connectivity index (χ4v) is 14.3. The number of quaternary nitrogens is 2. The Bertz CT molecular complexity index is 3900. The molecule has 522 valence electrons. The number of aromatic nitrogens is 2. The fraction of sp³-hybridized carbons (Fsp3) is 0.508. The van der Waals surface area contributed by atoms with Gasteiger partial charge in [0.25, 0.3) is 11.5 Å². The van der Waals surface area contributed by atoms with Crippen LogP contribution < -0.4 is 47.1 Å². The number of hydrogen-bond donors (Lipinski definition) is 11. The molecule has 1 fully saturated rings. The van der Waals surface area contributed by atoms with Crippen LogP contribution in [0.2, 0.25) is 0 Å². The number of rotatable bonds is 38. The zero-order valence-electron chi connectivity index (χ0n) is 54.7. The number of carbonyl (C=O) groups excluding carboxylic acids is 3. The zero-order valence-corrected chi connectivity index (χ0v) is 57.4. The lowest BCUT2D eigenvalue weighted by atomic mass is 9.89. The van der Waals surface area contributed by atoms with Gasteiger partial charge >= 0.3 is 41.0 Å². The number of aromatic carboxylic acids is 1. The minimum atomic E-state index is -5.78. The Hall–Kier alpha value is -7.05. The molecule has 1 saturated heterocycles. The first-order chi connectivity index (χ1) is 44.5. The van der Waals surface area contributed by atoms with Crippen molar-refractivity contribution in [3.8, 4) is 22.5 Å². The van der Waals surface area contributed by atoms with Gasteiger partial charge in [-0.2, -0.15) is 8.62 Å². The average Bonchev–Trinajstić information content (AvgIpc) is 1.18. The Kier molecular flexibility index (Phi) is 27.7. The largest absolute Gasteiger partial charge is 0.489 e. The lowest BCUT2D eigenvalue weighted by molar-refractivity contribution is -0.896. The number of aromatic amines is 1. The quantitative estimate of drug-likeness (QED) is 0.00864. The Labute approximate surface area is 549 Å². The molecule has 11 N–H and O–H groups in total. The Morgan fingerprint density at radius 2 is 1.41 bits per heavy atom. The molecule has 6 atom stereocenters. The second kappa shape index (κ2) is 34.2. The number of phosphoric ester groups is 1. The summed E-state index contributed by atoms with van der Waals surface area (Å²) in [6.45, 7) is 2.64. The van der Waals surface area contributed by atoms with Crippen molar-refractivity contribution in [2.45, 2.75) is 89.1 Å². The maximum absolute atomic E-state index is 13.3. The van der Waals surface area contributed by atoms with E-state index in [1.165, 1.54) is 18.2 Å². The van der Waals surface area contributed by atoms with Gasteiger partial charge in [-0.15, -0.1) is 0 Å². The first kappa shape index (κ1) is 77.0. The number of fused-ring (bicyclic) bond motifs is 2. The van der Waals surface area contributed by atoms with Gasteiger partial charge in [-0.3, -0.25) is 38.0 Å². The number of nitrogens with one attached hydrogen (secondary N) is 5. The van der Waals surface area contributed by atoms with Crippen molar-refractivity contribution < 1.29 is 98.9 Å². The highest BCUT2D eigenvalue weighted by molar-refractivity contribution is 7.67. The predicted octanol–water partition coefficient (Wildman–Crippen LogP) is 4.25. The van der Waals surface area contributed by atoms with E-state index in [4.69, 9.17) is 18.8 Å². The number of benzene rings is 3. The summed E-state index contributed by atoms with van der Waals surface area (Å²) in [6.07, 6.45) is 3.73. The van der Waals surface area contributed by atoms with Crippen molar-refractivity contribution in [2.75, 3.05) is 120 Å². The van der Waals surface area contributed by atoms with Crippen molar-refractivity contribution in [1.29, 1.82) is 0 Å². The number of aliphatic hydroxyl groups excluding tert-OH is 1. The summed E-state index contributed by atoms with van der Waals surface area (Å²) in [6, 6.07) is 16.3. The van der Waals surface area contributed by atoms with E-state index in [1.54, 1.807) is 12.1 Å². The van der Waals surface area contributed by atoms with Crippen LogP contribution in [0, 0.1) is 0 Å². The van der Waals surface area contributed by atoms with E-state index in [0.717, 1.165) is 76.1 Å². The molecule has 3 aliphatic rings. The topological polar surface area (TPSA) is 417 Å². The standard InChI is InChI=1S/C61H87N10O21P3/c1-67(2)43-20-23-46-50(36-43)89-51-37-44(68(3)4)21-24-47(51)57(46)45-22-19-41(35-48(45)60(79)80)58(77)64-27-11-9-10-18-53(73)63-29-15-33-70(5,6)31-12-13-32-71(7,8)34-16-30-65-93(82,83)91-95(86,87)92-94(84,85)88-40-52-49(72)38-55(90-52)69-39-42(59(78)66-61(69)81)17-14-28-62-54(74)25-26-56(75)76/h14,17,19-24,35-37,39,49,52,55,72H,9-13,15-16,18,25-34,38,40H2,1-8H3,(H7-3,62,63,64,65,66,73,74,75,76,77,78,79,80,81,82,83,84,85,86,87)/p+3/b17-14+/t49?,52-,55-/m1/s1. The van der Waals surface area contributed by atoms with Gasteiger partial charge in [0.05, 0.1) is 90.7 Å². The van der Waals surface area contributed by atoms with Gasteiger partial charge < -0.3 is 69.0 Å². The number of anilines is 1. The molecule has 1 aliphatic carbocycles. The highest BCUT2D eigenvalue weighted by Gasteiger charge is 2.43. The first-order valence-corrected chi connectivity index (χ1v) is 35.5. The van der Waals surface area contributed by atoms with Crippen LogP contribution in [0.4, 0.5) is 5.69 Å². The number of aliphatic carboxylic acids is 1. The molecule has 0 spiro atoms. The van der Waals surface area contributed by atoms with Crippen LogP contribution in [0.15, 0.2) is 80.9 Å². The van der Waals surface area contributed by atoms with Crippen LogP contribution in [0.5, 0.6) is 0 Å². The van der Waals surface area contributed by atoms with Gasteiger partial charge in [-0.05, 0) is 48.7 Å². The number of phosphoric acid groups is 2. The Balaban J connectivity index is 0.823. The molecule has 1 aromatic heterocycles. The predicted molar refractivity (Wildman–Crippen MR) is 353 cm³/mol. The Morgan fingerprint density at radius 1 is 0.758 bits per heavy atom. The minimum absolute atomic E-state index is 0.0217. The number of nitrogens with zero attached hydrogens (tertiary/aromatic N) is 5. The molecule has 2 aromatic carbocycles. The number of aliphatic hydroxyl groups is 1. The summed E-state index contributed by atoms with van der Waals surface area (Å²) in [7, 11) is -0.539. The van der Waals surface area contributed by atoms with Crippen molar-refractivity contribution in [1.82, 2.24) is 35.2 Å². The number of hydrogen-bond acceptors (Lipinski definition) is 17. The maximum atomic E-state index is 13.3. The molecule has 0 bridgehead atoms. The second-order valence-electron chi connectivity index (χ2n) is 24.9. The number of ether oxygens (including phenoxy) is 1. The van der Waals surface area contributed by atoms with Crippen molar-refractivity contribution in [2.24, 2.45) is 0 Å². The number of carboxylic acid groups (broad SMARTS) is 2. The molecule has 34 heteroatoms. The summed E-state index contributed by atoms with van der Waals surface area (Å²) in [5.41, 5.74) is 1.71. The summed E-state index contributed by atoms with van der Waals surface area (Å²) in [5, 5.41) is 41.9. The van der Waals surface area contributed by atoms with Crippen LogP contribution in [0.25, 0.3) is 39.5 Å². The lowest BCUT2D eigenvalue weighted by Crippen LogP contribution is -2.44. The molecule has 0 saturated carbocycles. The van der Waals surface area contributed by atoms with Gasteiger partial charge in [-0.25, -0.2) is 32.9 Å². The number of carboxylic acids is 2. The minimum Gasteiger partial charge on any atom is -0.481 e. The smallest absolute Gasteiger partial charge is 0.481 e. The molecule has 3 heterocycles. The van der Waals surface area contributed by atoms with E-state index in [2.05, 4.69) is 48.7 Å². The molecule has 3 aromatic rings. The molecule has 2 aliphatic heterocycles. The SMILES string of the molecule is CN(C)c1ccc2c(-c3ccc(C(=O)NCCCCCC(=O)NCCC[N+](C)(C)CCCC[N+](C)(C)CCCNP(=O)(O)OP(=O)(O)OP(=O)(O)OC[C@H]4O[C@@H](n5cc(/C=C/CNC(=O)CCC(=O)O)c(=O)[nH]c5=O)CC4O)cc3C(=O)O)c3ccc(=[N+](C)C)cc-3oc2c1. The van der Waals surface area contributed by atoms with Crippen molar-refractivity contribution >= 4 is 75.8 Å². The monoisotopic (exact) mass is 1390 g/mol. The fourth-order valence-electron chi connectivity index (χ4n) is 10.6. The van der Waals surface area contributed by atoms with Crippen LogP contribution >= 0.6 is 23.4 Å². The average molecular weight is 1390 g/mol. The van der Waals surface area contributed by atoms with Crippen LogP contribution in [-0.2, 0) is 46.0 Å². The normalized spacial score (nSPS) is 17.1. The number of carbonyl (C=O) groups is 5. The van der Waals surface area contributed by atoms with Crippen molar-refractivity contribution in [3.63, 3.8) is 0 Å². The van der Waals surface area contributed by atoms with E-state index in [9.17, 15) is 72.2 Å². The molecule has 6 rings (SSSR count). The molecular formula is C61H90N10O21P3+3. The number of H-pyrrole nitrogens is 1. The molecule has 95 heavy (non-hydrogen) atoms. The van der Waals surface area contributed by atoms with Gasteiger partial charge in [0.2, 0.25) is 17.2 Å². The molecule has 4 unspecified atom stereocenters. The third-order valence-corrected chi connectivity index (χ3v) is 20.2. The number of amides is 3. The van der Waals surface area contributed by atoms with Gasteiger partial charge in [0.1, 0.15) is 37.8 Å². The van der Waals surface area contributed by atoms with Crippen molar-refractivity contribution in [3.05, 3.63) is 110 Å². The van der Waals surface area contributed by atoms with E-state index >= 15 is 0 Å². The van der Waals surface area contributed by atoms with Crippen LogP contribution in [0.3, 0.4) is 0 Å². The molecular weight excluding hydrogens is 1300 g/mol. The third-order valence-electron chi connectivity index (χ3n) is 15.8. The van der Waals surface area contributed by atoms with Gasteiger partial charge in [-0.1, -0.05) is 24.6 Å². The summed E-state index contributed by atoms with van der Waals surface area (Å²) >= 11 is 0.